The van der Waals surface area contributed by atoms with E-state index in [0.29, 0.717) is 54.7 Å². The fourth-order valence-corrected chi connectivity index (χ4v) is 5.18. The molecule has 166 valence electrons. The van der Waals surface area contributed by atoms with Crippen LogP contribution in [0.1, 0.15) is 48.0 Å². The number of hydrogen-bond acceptors (Lipinski definition) is 4. The zero-order valence-corrected chi connectivity index (χ0v) is 18.4. The minimum atomic E-state index is -0.446. The lowest BCUT2D eigenvalue weighted by molar-refractivity contribution is -0.127. The summed E-state index contributed by atoms with van der Waals surface area (Å²) in [5.41, 5.74) is 1.55. The SMILES string of the molecule is Cc1cc(N2CC[C@]3(CC[C@@H](NC(=O)c4cnn5cccnc45)CC3)C2=O)c(Cl)cc1F. The Morgan fingerprint density at radius 1 is 1.28 bits per heavy atom. The number of benzene rings is 1. The van der Waals surface area contributed by atoms with Gasteiger partial charge < -0.3 is 10.2 Å². The van der Waals surface area contributed by atoms with Gasteiger partial charge in [-0.25, -0.2) is 13.9 Å². The molecule has 0 atom stereocenters. The third-order valence-corrected chi connectivity index (χ3v) is 7.14. The minimum absolute atomic E-state index is 0.00899. The number of halogens is 2. The van der Waals surface area contributed by atoms with Gasteiger partial charge >= 0.3 is 0 Å². The standard InChI is InChI=1S/C23H23ClFN5O2/c1-14-11-19(17(24)12-18(14)25)29-10-7-23(22(29)32)5-3-15(4-6-23)28-21(31)16-13-27-30-9-2-8-26-20(16)30/h2,8-9,11-13,15H,3-7,10H2,1H3,(H,28,31)/t15-,23-. The summed E-state index contributed by atoms with van der Waals surface area (Å²) in [6, 6.07) is 4.66. The number of carbonyl (C=O) groups excluding carboxylic acids is 2. The fourth-order valence-electron chi connectivity index (χ4n) is 4.93. The molecule has 1 aliphatic heterocycles. The second-order valence-electron chi connectivity index (χ2n) is 8.73. The van der Waals surface area contributed by atoms with E-state index >= 15 is 0 Å². The van der Waals surface area contributed by atoms with Gasteiger partial charge in [0.25, 0.3) is 5.91 Å². The van der Waals surface area contributed by atoms with E-state index in [0.717, 1.165) is 6.42 Å². The van der Waals surface area contributed by atoms with Crippen LogP contribution in [0.5, 0.6) is 0 Å². The normalized spacial score (nSPS) is 23.3. The van der Waals surface area contributed by atoms with E-state index in [4.69, 9.17) is 11.6 Å². The van der Waals surface area contributed by atoms with E-state index < -0.39 is 5.41 Å². The van der Waals surface area contributed by atoms with Gasteiger partial charge in [0.2, 0.25) is 5.91 Å². The first-order chi connectivity index (χ1) is 15.4. The Morgan fingerprint density at radius 3 is 2.84 bits per heavy atom. The lowest BCUT2D eigenvalue weighted by Crippen LogP contribution is -2.44. The number of rotatable bonds is 3. The zero-order valence-electron chi connectivity index (χ0n) is 17.6. The van der Waals surface area contributed by atoms with Gasteiger partial charge in [-0.2, -0.15) is 5.10 Å². The Hall–Kier alpha value is -3.00. The molecule has 3 aromatic rings. The van der Waals surface area contributed by atoms with Gasteiger partial charge in [-0.15, -0.1) is 0 Å². The largest absolute Gasteiger partial charge is 0.349 e. The van der Waals surface area contributed by atoms with Gasteiger partial charge in [0.05, 0.1) is 22.3 Å². The van der Waals surface area contributed by atoms with Crippen LogP contribution in [-0.4, -0.2) is 39.0 Å². The van der Waals surface area contributed by atoms with Crippen molar-refractivity contribution < 1.29 is 14.0 Å². The predicted octanol–water partition coefficient (Wildman–Crippen LogP) is 3.93. The van der Waals surface area contributed by atoms with Crippen LogP contribution in [-0.2, 0) is 4.79 Å². The maximum Gasteiger partial charge on any atom is 0.256 e. The van der Waals surface area contributed by atoms with E-state index in [1.807, 2.05) is 0 Å². The molecule has 1 aromatic carbocycles. The number of anilines is 1. The lowest BCUT2D eigenvalue weighted by Gasteiger charge is -2.36. The summed E-state index contributed by atoms with van der Waals surface area (Å²) < 4.78 is 15.4. The molecular formula is C23H23ClFN5O2. The van der Waals surface area contributed by atoms with E-state index in [9.17, 15) is 14.0 Å². The highest BCUT2D eigenvalue weighted by atomic mass is 35.5. The second kappa shape index (κ2) is 7.85. The third-order valence-electron chi connectivity index (χ3n) is 6.83. The van der Waals surface area contributed by atoms with Crippen molar-refractivity contribution in [1.82, 2.24) is 19.9 Å². The van der Waals surface area contributed by atoms with Crippen LogP contribution in [0.25, 0.3) is 5.65 Å². The summed E-state index contributed by atoms with van der Waals surface area (Å²) in [6.07, 6.45) is 8.45. The molecule has 1 saturated heterocycles. The van der Waals surface area contributed by atoms with E-state index in [-0.39, 0.29) is 28.7 Å². The quantitative estimate of drug-likeness (QED) is 0.649. The first kappa shape index (κ1) is 20.9. The van der Waals surface area contributed by atoms with Crippen molar-refractivity contribution in [3.8, 4) is 0 Å². The van der Waals surface area contributed by atoms with Gasteiger partial charge in [-0.3, -0.25) is 9.59 Å². The molecule has 0 radical (unpaired) electrons. The summed E-state index contributed by atoms with van der Waals surface area (Å²) in [5.74, 6) is -0.535. The maximum atomic E-state index is 13.8. The molecule has 7 nitrogen and oxygen atoms in total. The Morgan fingerprint density at radius 2 is 2.06 bits per heavy atom. The summed E-state index contributed by atoms with van der Waals surface area (Å²) in [7, 11) is 0. The maximum absolute atomic E-state index is 13.8. The molecule has 2 amide bonds. The molecule has 2 aromatic heterocycles. The molecule has 1 spiro atoms. The van der Waals surface area contributed by atoms with E-state index in [1.165, 1.54) is 12.3 Å². The monoisotopic (exact) mass is 455 g/mol. The van der Waals surface area contributed by atoms with E-state index in [2.05, 4.69) is 15.4 Å². The molecule has 9 heteroatoms. The number of nitrogens with one attached hydrogen (secondary N) is 1. The fraction of sp³-hybridized carbons (Fsp3) is 0.391. The topological polar surface area (TPSA) is 79.6 Å². The van der Waals surface area contributed by atoms with Crippen LogP contribution < -0.4 is 10.2 Å². The zero-order chi connectivity index (χ0) is 22.5. The number of aryl methyl sites for hydroxylation is 1. The van der Waals surface area contributed by atoms with Crippen molar-refractivity contribution in [2.45, 2.75) is 45.1 Å². The summed E-state index contributed by atoms with van der Waals surface area (Å²) in [4.78, 5) is 32.1. The number of carbonyl (C=O) groups is 2. The third kappa shape index (κ3) is 3.43. The Labute approximate surface area is 189 Å². The van der Waals surface area contributed by atoms with Crippen LogP contribution in [0.15, 0.2) is 36.8 Å². The highest BCUT2D eigenvalue weighted by Crippen LogP contribution is 2.47. The average molecular weight is 456 g/mol. The van der Waals surface area contributed by atoms with E-state index in [1.54, 1.807) is 40.9 Å². The molecule has 2 aliphatic rings. The van der Waals surface area contributed by atoms with Gasteiger partial charge in [0, 0.05) is 25.0 Å². The Balaban J connectivity index is 1.26. The lowest BCUT2D eigenvalue weighted by atomic mass is 9.71. The number of amides is 2. The molecule has 0 bridgehead atoms. The summed E-state index contributed by atoms with van der Waals surface area (Å²) in [5, 5.41) is 7.50. The second-order valence-corrected chi connectivity index (χ2v) is 9.14. The van der Waals surface area contributed by atoms with Crippen molar-refractivity contribution in [2.75, 3.05) is 11.4 Å². The van der Waals surface area contributed by atoms with Crippen molar-refractivity contribution >= 4 is 34.7 Å². The van der Waals surface area contributed by atoms with Crippen LogP contribution in [0.4, 0.5) is 10.1 Å². The van der Waals surface area contributed by atoms with Crippen LogP contribution in [0.2, 0.25) is 5.02 Å². The predicted molar refractivity (Wildman–Crippen MR) is 118 cm³/mol. The molecular weight excluding hydrogens is 433 g/mol. The molecule has 5 rings (SSSR count). The molecule has 0 unspecified atom stereocenters. The van der Waals surface area contributed by atoms with Gasteiger partial charge in [-0.05, 0) is 62.8 Å². The first-order valence-corrected chi connectivity index (χ1v) is 11.1. The number of hydrogen-bond donors (Lipinski definition) is 1. The molecule has 1 aliphatic carbocycles. The van der Waals surface area contributed by atoms with Crippen LogP contribution in [0.3, 0.4) is 0 Å². The van der Waals surface area contributed by atoms with Gasteiger partial charge in [0.15, 0.2) is 5.65 Å². The number of fused-ring (bicyclic) bond motifs is 1. The molecule has 3 heterocycles. The minimum Gasteiger partial charge on any atom is -0.349 e. The van der Waals surface area contributed by atoms with Crippen molar-refractivity contribution in [3.63, 3.8) is 0 Å². The van der Waals surface area contributed by atoms with Crippen molar-refractivity contribution in [1.29, 1.82) is 0 Å². The summed E-state index contributed by atoms with van der Waals surface area (Å²) in [6.45, 7) is 2.23. The average Bonchev–Trinajstić information content (AvgIpc) is 3.35. The summed E-state index contributed by atoms with van der Waals surface area (Å²) >= 11 is 6.25. The molecule has 2 fully saturated rings. The Kier molecular flexibility index (Phi) is 5.12. The smallest absolute Gasteiger partial charge is 0.256 e. The van der Waals surface area contributed by atoms with Gasteiger partial charge in [-0.1, -0.05) is 11.6 Å². The molecule has 32 heavy (non-hydrogen) atoms. The number of aromatic nitrogens is 3. The highest BCUT2D eigenvalue weighted by Gasteiger charge is 2.49. The van der Waals surface area contributed by atoms with Crippen molar-refractivity contribution in [2.24, 2.45) is 5.41 Å². The number of nitrogens with zero attached hydrogens (tertiary/aromatic N) is 4. The first-order valence-electron chi connectivity index (χ1n) is 10.7. The molecule has 1 saturated carbocycles. The van der Waals surface area contributed by atoms with Gasteiger partial charge in [0.1, 0.15) is 11.4 Å². The Bertz CT molecular complexity index is 1220. The van der Waals surface area contributed by atoms with Crippen molar-refractivity contribution in [3.05, 3.63) is 58.8 Å². The van der Waals surface area contributed by atoms with Crippen LogP contribution >= 0.6 is 11.6 Å². The highest BCUT2D eigenvalue weighted by molar-refractivity contribution is 6.34. The van der Waals surface area contributed by atoms with Crippen LogP contribution in [0, 0.1) is 18.2 Å². The molecule has 1 N–H and O–H groups in total.